The van der Waals surface area contributed by atoms with Crippen molar-refractivity contribution in [3.8, 4) is 0 Å². The average Bonchev–Trinajstić information content (AvgIpc) is 3.12. The molecular formula is C23H27NO5S. The molecule has 30 heavy (non-hydrogen) atoms. The Morgan fingerprint density at radius 3 is 2.40 bits per heavy atom. The number of benzene rings is 2. The molecular weight excluding hydrogens is 402 g/mol. The third-order valence-electron chi connectivity index (χ3n) is 5.73. The Kier molecular flexibility index (Phi) is 6.20. The van der Waals surface area contributed by atoms with Crippen molar-refractivity contribution in [1.29, 1.82) is 0 Å². The van der Waals surface area contributed by atoms with Gasteiger partial charge in [0, 0.05) is 21.4 Å². The number of aliphatic hydroxyl groups excluding tert-OH is 4. The topological polar surface area (TPSA) is 95.1 Å². The van der Waals surface area contributed by atoms with Crippen LogP contribution in [0.4, 0.5) is 0 Å². The van der Waals surface area contributed by atoms with E-state index in [4.69, 9.17) is 4.74 Å². The molecule has 0 unspecified atom stereocenters. The highest BCUT2D eigenvalue weighted by atomic mass is 32.2. The smallest absolute Gasteiger partial charge is 0.163 e. The molecule has 0 aliphatic carbocycles. The summed E-state index contributed by atoms with van der Waals surface area (Å²) in [5, 5.41) is 41.5. The number of rotatable bonds is 5. The minimum atomic E-state index is -1.42. The van der Waals surface area contributed by atoms with Crippen molar-refractivity contribution in [3.63, 3.8) is 0 Å². The molecule has 1 saturated heterocycles. The van der Waals surface area contributed by atoms with Crippen molar-refractivity contribution < 1.29 is 25.2 Å². The van der Waals surface area contributed by atoms with Crippen LogP contribution in [0.15, 0.2) is 58.5 Å². The van der Waals surface area contributed by atoms with E-state index in [9.17, 15) is 20.4 Å². The third kappa shape index (κ3) is 3.77. The van der Waals surface area contributed by atoms with Gasteiger partial charge in [-0.3, -0.25) is 0 Å². The molecule has 0 amide bonds. The molecule has 7 heteroatoms. The maximum Gasteiger partial charge on any atom is 0.163 e. The zero-order valence-electron chi connectivity index (χ0n) is 17.0. The lowest BCUT2D eigenvalue weighted by atomic mass is 9.98. The Morgan fingerprint density at radius 2 is 1.73 bits per heavy atom. The first-order chi connectivity index (χ1) is 14.4. The predicted octanol–water partition coefficient (Wildman–Crippen LogP) is 2.64. The standard InChI is InChI=1S/C23H27NO5S/c1-3-14-7-9-15(10-8-14)30-18-11-24(16-6-4-5-13(2)19(16)18)23-22(28)21(27)20(26)17(12-25)29-23/h4-11,17,20-23,25-28H,3,12H2,1-2H3/t17-,20-,21+,22-,23-/m1/s1. The van der Waals surface area contributed by atoms with Crippen molar-refractivity contribution >= 4 is 22.7 Å². The molecule has 0 spiro atoms. The summed E-state index contributed by atoms with van der Waals surface area (Å²) in [6, 6.07) is 14.3. The molecule has 0 radical (unpaired) electrons. The Labute approximate surface area is 179 Å². The lowest BCUT2D eigenvalue weighted by Crippen LogP contribution is -2.56. The number of hydrogen-bond donors (Lipinski definition) is 4. The fraction of sp³-hybridized carbons (Fsp3) is 0.391. The van der Waals surface area contributed by atoms with Gasteiger partial charge >= 0.3 is 0 Å². The van der Waals surface area contributed by atoms with Gasteiger partial charge in [-0.1, -0.05) is 43.0 Å². The van der Waals surface area contributed by atoms with E-state index in [1.54, 1.807) is 16.3 Å². The largest absolute Gasteiger partial charge is 0.394 e. The minimum absolute atomic E-state index is 0.453. The Bertz CT molecular complexity index is 1020. The molecule has 0 bridgehead atoms. The average molecular weight is 430 g/mol. The fourth-order valence-electron chi connectivity index (χ4n) is 3.97. The van der Waals surface area contributed by atoms with Crippen LogP contribution in [0.25, 0.3) is 10.9 Å². The van der Waals surface area contributed by atoms with Crippen molar-refractivity contribution in [2.45, 2.75) is 60.7 Å². The maximum atomic E-state index is 10.6. The molecule has 5 atom stereocenters. The first-order valence-corrected chi connectivity index (χ1v) is 10.9. The van der Waals surface area contributed by atoms with E-state index in [0.717, 1.165) is 32.7 Å². The maximum absolute atomic E-state index is 10.6. The summed E-state index contributed by atoms with van der Waals surface area (Å²) >= 11 is 1.63. The van der Waals surface area contributed by atoms with E-state index in [1.165, 1.54) is 5.56 Å². The first-order valence-electron chi connectivity index (χ1n) is 10.1. The van der Waals surface area contributed by atoms with Crippen molar-refractivity contribution in [2.24, 2.45) is 0 Å². The van der Waals surface area contributed by atoms with Gasteiger partial charge < -0.3 is 29.7 Å². The summed E-state index contributed by atoms with van der Waals surface area (Å²) in [5.41, 5.74) is 3.22. The van der Waals surface area contributed by atoms with E-state index in [0.29, 0.717) is 0 Å². The van der Waals surface area contributed by atoms with Gasteiger partial charge in [0.1, 0.15) is 24.4 Å². The SMILES string of the molecule is CCc1ccc(Sc2cn([C@@H]3O[C@H](CO)[C@@H](O)[C@H](O)[C@H]3O)c3cccc(C)c23)cc1. The lowest BCUT2D eigenvalue weighted by molar-refractivity contribution is -0.250. The number of aliphatic hydroxyl groups is 4. The Balaban J connectivity index is 1.76. The molecule has 0 saturated carbocycles. The molecule has 2 heterocycles. The second kappa shape index (κ2) is 8.70. The second-order valence-corrected chi connectivity index (χ2v) is 8.80. The summed E-state index contributed by atoms with van der Waals surface area (Å²) in [6.07, 6.45) is -3.12. The molecule has 1 aromatic heterocycles. The van der Waals surface area contributed by atoms with Gasteiger partial charge in [-0.2, -0.15) is 0 Å². The number of hydrogen-bond acceptors (Lipinski definition) is 6. The van der Waals surface area contributed by atoms with Gasteiger partial charge in [0.05, 0.1) is 12.1 Å². The lowest BCUT2D eigenvalue weighted by Gasteiger charge is -2.40. The number of fused-ring (bicyclic) bond motifs is 1. The normalized spacial score (nSPS) is 26.9. The monoisotopic (exact) mass is 429 g/mol. The van der Waals surface area contributed by atoms with Crippen LogP contribution in [0.5, 0.6) is 0 Å². The van der Waals surface area contributed by atoms with Gasteiger partial charge in [-0.25, -0.2) is 0 Å². The minimum Gasteiger partial charge on any atom is -0.394 e. The van der Waals surface area contributed by atoms with Crippen molar-refractivity contribution in [3.05, 3.63) is 59.8 Å². The van der Waals surface area contributed by atoms with E-state index in [1.807, 2.05) is 31.3 Å². The molecule has 2 aromatic carbocycles. The molecule has 1 fully saturated rings. The van der Waals surface area contributed by atoms with Gasteiger partial charge in [0.2, 0.25) is 0 Å². The van der Waals surface area contributed by atoms with Crippen LogP contribution in [-0.2, 0) is 11.2 Å². The van der Waals surface area contributed by atoms with E-state index >= 15 is 0 Å². The van der Waals surface area contributed by atoms with E-state index < -0.39 is 37.3 Å². The second-order valence-electron chi connectivity index (χ2n) is 7.69. The van der Waals surface area contributed by atoms with Crippen LogP contribution >= 0.6 is 11.8 Å². The number of nitrogens with zero attached hydrogens (tertiary/aromatic N) is 1. The van der Waals surface area contributed by atoms with Crippen LogP contribution < -0.4 is 0 Å². The fourth-order valence-corrected chi connectivity index (χ4v) is 5.03. The number of ether oxygens (including phenoxy) is 1. The molecule has 1 aliphatic rings. The molecule has 4 N–H and O–H groups in total. The molecule has 160 valence electrons. The Hall–Kier alpha value is -1.87. The molecule has 6 nitrogen and oxygen atoms in total. The number of aromatic nitrogens is 1. The number of aryl methyl sites for hydroxylation is 2. The van der Waals surface area contributed by atoms with Crippen LogP contribution in [0, 0.1) is 6.92 Å². The summed E-state index contributed by atoms with van der Waals surface area (Å²) in [4.78, 5) is 2.10. The quantitative estimate of drug-likeness (QED) is 0.498. The van der Waals surface area contributed by atoms with Crippen LogP contribution in [0.2, 0.25) is 0 Å². The van der Waals surface area contributed by atoms with Crippen LogP contribution in [0.1, 0.15) is 24.3 Å². The molecule has 3 aromatic rings. The van der Waals surface area contributed by atoms with Crippen LogP contribution in [0.3, 0.4) is 0 Å². The predicted molar refractivity (Wildman–Crippen MR) is 116 cm³/mol. The zero-order chi connectivity index (χ0) is 21.4. The molecule has 4 rings (SSSR count). The summed E-state index contributed by atoms with van der Waals surface area (Å²) in [7, 11) is 0. The highest BCUT2D eigenvalue weighted by molar-refractivity contribution is 7.99. The van der Waals surface area contributed by atoms with Gasteiger partial charge in [0.25, 0.3) is 0 Å². The van der Waals surface area contributed by atoms with Crippen LogP contribution in [-0.4, -0.2) is 56.0 Å². The van der Waals surface area contributed by atoms with Gasteiger partial charge in [-0.05, 0) is 42.7 Å². The first kappa shape index (κ1) is 21.4. The third-order valence-corrected chi connectivity index (χ3v) is 6.77. The van der Waals surface area contributed by atoms with Gasteiger partial charge in [-0.15, -0.1) is 0 Å². The molecule has 1 aliphatic heterocycles. The summed E-state index contributed by atoms with van der Waals surface area (Å²) < 4.78 is 7.59. The summed E-state index contributed by atoms with van der Waals surface area (Å²) in [6.45, 7) is 3.70. The van der Waals surface area contributed by atoms with Crippen molar-refractivity contribution in [2.75, 3.05) is 6.61 Å². The van der Waals surface area contributed by atoms with Gasteiger partial charge in [0.15, 0.2) is 6.23 Å². The highest BCUT2D eigenvalue weighted by Crippen LogP contribution is 2.40. The Morgan fingerprint density at radius 1 is 1.00 bits per heavy atom. The highest BCUT2D eigenvalue weighted by Gasteiger charge is 2.44. The van der Waals surface area contributed by atoms with E-state index in [2.05, 4.69) is 31.2 Å². The summed E-state index contributed by atoms with van der Waals surface area (Å²) in [5.74, 6) is 0. The van der Waals surface area contributed by atoms with E-state index in [-0.39, 0.29) is 0 Å². The zero-order valence-corrected chi connectivity index (χ0v) is 17.8. The van der Waals surface area contributed by atoms with Crippen molar-refractivity contribution in [1.82, 2.24) is 4.57 Å².